The van der Waals surface area contributed by atoms with Gasteiger partial charge in [0.1, 0.15) is 17.1 Å². The van der Waals surface area contributed by atoms with Gasteiger partial charge in [0.25, 0.3) is 5.92 Å². The van der Waals surface area contributed by atoms with Crippen LogP contribution in [0, 0.1) is 23.7 Å². The first kappa shape index (κ1) is 29.2. The minimum Gasteiger partial charge on any atom is -0.444 e. The molecule has 40 heavy (non-hydrogen) atoms. The van der Waals surface area contributed by atoms with Crippen LogP contribution >= 0.6 is 0 Å². The Hall–Kier alpha value is -2.28. The van der Waals surface area contributed by atoms with Crippen molar-refractivity contribution in [3.8, 4) is 0 Å². The molecule has 5 rings (SSSR count). The van der Waals surface area contributed by atoms with Gasteiger partial charge in [0.15, 0.2) is 0 Å². The van der Waals surface area contributed by atoms with Gasteiger partial charge in [0, 0.05) is 57.8 Å². The summed E-state index contributed by atoms with van der Waals surface area (Å²) in [6.07, 6.45) is 0.436. The molecule has 0 aromatic carbocycles. The molecule has 1 amide bonds. The summed E-state index contributed by atoms with van der Waals surface area (Å²) < 4.78 is 62.6. The van der Waals surface area contributed by atoms with Crippen LogP contribution in [0.4, 0.5) is 25.3 Å². The number of hydrogen-bond acceptors (Lipinski definition) is 8. The number of hydrogen-bond donors (Lipinski definition) is 1. The lowest BCUT2D eigenvalue weighted by Crippen LogP contribution is -2.52. The molecule has 1 aromatic rings. The van der Waals surface area contributed by atoms with E-state index in [2.05, 4.69) is 29.1 Å². The number of rotatable bonds is 8. The summed E-state index contributed by atoms with van der Waals surface area (Å²) in [5.74, 6) is -1.17. The minimum atomic E-state index is -3.48. The van der Waals surface area contributed by atoms with Crippen molar-refractivity contribution in [2.75, 3.05) is 61.8 Å². The van der Waals surface area contributed by atoms with E-state index in [9.17, 15) is 22.0 Å². The second-order valence-electron chi connectivity index (χ2n) is 13.1. The second kappa shape index (κ2) is 10.5. The van der Waals surface area contributed by atoms with Crippen LogP contribution in [-0.2, 0) is 27.1 Å². The van der Waals surface area contributed by atoms with Crippen LogP contribution in [0.2, 0.25) is 0 Å². The first-order chi connectivity index (χ1) is 18.6. The summed E-state index contributed by atoms with van der Waals surface area (Å²) in [6.45, 7) is 12.5. The monoisotopic (exact) mass is 584 g/mol. The molecule has 224 valence electrons. The van der Waals surface area contributed by atoms with Crippen LogP contribution in [-0.4, -0.2) is 90.9 Å². The fourth-order valence-corrected chi connectivity index (χ4v) is 8.02. The van der Waals surface area contributed by atoms with E-state index >= 15 is 0 Å². The number of sulfonamides is 1. The topological polar surface area (TPSA) is 108 Å². The number of amides is 1. The van der Waals surface area contributed by atoms with Gasteiger partial charge in [0.05, 0.1) is 5.75 Å². The van der Waals surface area contributed by atoms with Gasteiger partial charge < -0.3 is 19.9 Å². The molecule has 3 atom stereocenters. The van der Waals surface area contributed by atoms with Crippen molar-refractivity contribution in [1.82, 2.24) is 19.2 Å². The molecule has 2 saturated heterocycles. The van der Waals surface area contributed by atoms with Gasteiger partial charge in [0.2, 0.25) is 16.0 Å². The predicted octanol–water partition coefficient (Wildman–Crippen LogP) is 3.54. The number of piperidine rings is 1. The molecule has 1 N–H and O–H groups in total. The average molecular weight is 585 g/mol. The molecule has 0 spiro atoms. The van der Waals surface area contributed by atoms with Crippen molar-refractivity contribution in [2.45, 2.75) is 65.4 Å². The fraction of sp³-hybridized carbons (Fsp3) is 0.815. The number of piperazine rings is 1. The Morgan fingerprint density at radius 3 is 2.38 bits per heavy atom. The lowest BCUT2D eigenvalue weighted by atomic mass is 10.1. The molecule has 0 bridgehead atoms. The third-order valence-electron chi connectivity index (χ3n) is 8.38. The lowest BCUT2D eigenvalue weighted by molar-refractivity contribution is -0.00589. The van der Waals surface area contributed by atoms with Crippen molar-refractivity contribution in [2.24, 2.45) is 23.7 Å². The summed E-state index contributed by atoms with van der Waals surface area (Å²) in [7, 11) is -3.48. The van der Waals surface area contributed by atoms with E-state index in [4.69, 9.17) is 4.74 Å². The Bertz CT molecular complexity index is 1220. The quantitative estimate of drug-likeness (QED) is 0.495. The maximum absolute atomic E-state index is 14.6. The zero-order valence-corrected chi connectivity index (χ0v) is 24.9. The Kier molecular flexibility index (Phi) is 7.69. The second-order valence-corrected chi connectivity index (χ2v) is 15.1. The zero-order chi connectivity index (χ0) is 29.0. The summed E-state index contributed by atoms with van der Waals surface area (Å²) in [5, 5.41) is 3.13. The number of nitrogens with zero attached hydrogens (tertiary/aromatic N) is 5. The summed E-state index contributed by atoms with van der Waals surface area (Å²) >= 11 is 0. The van der Waals surface area contributed by atoms with E-state index < -0.39 is 27.6 Å². The SMILES string of the molecule is CC(C)CCNc1nc(N2C[C@@H]3[C@H](C2)[C@H]3CS(=O)(=O)N2CCN(C(=O)OC(C)(C)C)CC2)c2c(n1)C(F)(F)CC2. The highest BCUT2D eigenvalue weighted by Gasteiger charge is 2.58. The third-order valence-corrected chi connectivity index (χ3v) is 10.3. The number of ether oxygens (including phenoxy) is 1. The van der Waals surface area contributed by atoms with Crippen LogP contribution in [0.25, 0.3) is 0 Å². The van der Waals surface area contributed by atoms with Crippen molar-refractivity contribution >= 4 is 27.9 Å². The van der Waals surface area contributed by atoms with Crippen molar-refractivity contribution in [1.29, 1.82) is 0 Å². The van der Waals surface area contributed by atoms with Gasteiger partial charge in [-0.2, -0.15) is 18.1 Å². The predicted molar refractivity (Wildman–Crippen MR) is 148 cm³/mol. The van der Waals surface area contributed by atoms with Gasteiger partial charge in [-0.25, -0.2) is 18.2 Å². The van der Waals surface area contributed by atoms with E-state index in [0.29, 0.717) is 50.0 Å². The molecule has 0 radical (unpaired) electrons. The van der Waals surface area contributed by atoms with Crippen LogP contribution < -0.4 is 10.2 Å². The largest absolute Gasteiger partial charge is 0.444 e. The van der Waals surface area contributed by atoms with Gasteiger partial charge in [-0.1, -0.05) is 13.8 Å². The number of aromatic nitrogens is 2. The van der Waals surface area contributed by atoms with Gasteiger partial charge >= 0.3 is 6.09 Å². The van der Waals surface area contributed by atoms with E-state index in [1.54, 1.807) is 25.7 Å². The molecule has 4 aliphatic rings. The Labute approximate surface area is 235 Å². The minimum absolute atomic E-state index is 0.0464. The maximum Gasteiger partial charge on any atom is 0.410 e. The maximum atomic E-state index is 14.6. The lowest BCUT2D eigenvalue weighted by Gasteiger charge is -2.35. The smallest absolute Gasteiger partial charge is 0.410 e. The van der Waals surface area contributed by atoms with Crippen molar-refractivity contribution in [3.63, 3.8) is 0 Å². The molecular formula is C27H42F2N6O4S. The highest BCUT2D eigenvalue weighted by molar-refractivity contribution is 7.89. The molecule has 3 heterocycles. The average Bonchev–Trinajstić information content (AvgIpc) is 3.16. The van der Waals surface area contributed by atoms with Crippen molar-refractivity contribution in [3.05, 3.63) is 11.3 Å². The van der Waals surface area contributed by atoms with Crippen LogP contribution in [0.1, 0.15) is 58.7 Å². The third kappa shape index (κ3) is 6.14. The molecule has 1 saturated carbocycles. The van der Waals surface area contributed by atoms with E-state index in [0.717, 1.165) is 6.42 Å². The Balaban J connectivity index is 1.18. The molecule has 13 heteroatoms. The van der Waals surface area contributed by atoms with Gasteiger partial charge in [-0.3, -0.25) is 0 Å². The standard InChI is InChI=1S/C27H42F2N6O4S/c1-17(2)7-9-30-24-31-22-18(6-8-27(22,28)29)23(32-24)34-14-19-20(15-34)21(19)16-40(37,38)35-12-10-33(11-13-35)25(36)39-26(3,4)5/h17,19-21H,6-16H2,1-5H3,(H,30,31,32)/t19-,20+,21+. The Morgan fingerprint density at radius 2 is 1.77 bits per heavy atom. The molecular weight excluding hydrogens is 542 g/mol. The summed E-state index contributed by atoms with van der Waals surface area (Å²) in [6, 6.07) is 0. The molecule has 2 aliphatic heterocycles. The van der Waals surface area contributed by atoms with Gasteiger partial charge in [-0.05, 0) is 57.3 Å². The number of fused-ring (bicyclic) bond motifs is 2. The summed E-state index contributed by atoms with van der Waals surface area (Å²) in [5.41, 5.74) is -0.251. The van der Waals surface area contributed by atoms with Crippen LogP contribution in [0.5, 0.6) is 0 Å². The number of carbonyl (C=O) groups is 1. The molecule has 10 nitrogen and oxygen atoms in total. The molecule has 1 aromatic heterocycles. The first-order valence-electron chi connectivity index (χ1n) is 14.4. The number of nitrogens with one attached hydrogen (secondary N) is 1. The van der Waals surface area contributed by atoms with E-state index in [1.165, 1.54) is 4.31 Å². The number of anilines is 2. The summed E-state index contributed by atoms with van der Waals surface area (Å²) in [4.78, 5) is 24.8. The Morgan fingerprint density at radius 1 is 1.12 bits per heavy atom. The molecule has 0 unspecified atom stereocenters. The van der Waals surface area contributed by atoms with E-state index in [-0.39, 0.29) is 61.1 Å². The number of alkyl halides is 2. The number of halogens is 2. The molecule has 3 fully saturated rings. The first-order valence-corrected chi connectivity index (χ1v) is 16.0. The van der Waals surface area contributed by atoms with E-state index in [1.807, 2.05) is 4.90 Å². The van der Waals surface area contributed by atoms with Crippen LogP contribution in [0.15, 0.2) is 0 Å². The fourth-order valence-electron chi connectivity index (χ4n) is 6.11. The van der Waals surface area contributed by atoms with Crippen molar-refractivity contribution < 1.29 is 26.7 Å². The van der Waals surface area contributed by atoms with Crippen LogP contribution in [0.3, 0.4) is 0 Å². The molecule has 2 aliphatic carbocycles. The highest BCUT2D eigenvalue weighted by atomic mass is 32.2. The normalized spacial score (nSPS) is 26.1. The highest BCUT2D eigenvalue weighted by Crippen LogP contribution is 2.54. The van der Waals surface area contributed by atoms with Gasteiger partial charge in [-0.15, -0.1) is 0 Å². The number of carbonyl (C=O) groups excluding carboxylic acids is 1. The zero-order valence-electron chi connectivity index (χ0n) is 24.1.